The summed E-state index contributed by atoms with van der Waals surface area (Å²) in [6, 6.07) is 6.75. The molecule has 0 aliphatic carbocycles. The van der Waals surface area contributed by atoms with Crippen molar-refractivity contribution in [2.24, 2.45) is 10.9 Å². The Morgan fingerprint density at radius 3 is 2.71 bits per heavy atom. The van der Waals surface area contributed by atoms with Gasteiger partial charge in [0.15, 0.2) is 0 Å². The Morgan fingerprint density at radius 2 is 2.18 bits per heavy atom. The van der Waals surface area contributed by atoms with Crippen LogP contribution in [0.25, 0.3) is 0 Å². The molecular formula is C13H16N2O2. The van der Waals surface area contributed by atoms with E-state index in [0.717, 1.165) is 25.1 Å². The van der Waals surface area contributed by atoms with E-state index in [2.05, 4.69) is 16.9 Å². The summed E-state index contributed by atoms with van der Waals surface area (Å²) in [6.45, 7) is 1.98. The number of nitrogens with zero attached hydrogens (tertiary/aromatic N) is 2. The highest BCUT2D eigenvalue weighted by Gasteiger charge is 2.28. The Balaban J connectivity index is 2.22. The molecule has 4 heteroatoms. The Bertz CT molecular complexity index is 424. The number of likely N-dealkylation sites (tertiary alicyclic amines) is 1. The van der Waals surface area contributed by atoms with Crippen molar-refractivity contribution >= 4 is 6.08 Å². The predicted octanol–water partition coefficient (Wildman–Crippen LogP) is 1.72. The van der Waals surface area contributed by atoms with Crippen molar-refractivity contribution in [2.75, 3.05) is 20.1 Å². The number of hydrogen-bond acceptors (Lipinski definition) is 4. The van der Waals surface area contributed by atoms with Crippen LogP contribution >= 0.6 is 0 Å². The molecule has 1 aromatic carbocycles. The minimum Gasteiger partial charge on any atom is -0.508 e. The molecule has 0 spiro atoms. The van der Waals surface area contributed by atoms with Gasteiger partial charge in [-0.1, -0.05) is 12.1 Å². The third kappa shape index (κ3) is 2.73. The van der Waals surface area contributed by atoms with Gasteiger partial charge >= 0.3 is 0 Å². The summed E-state index contributed by atoms with van der Waals surface area (Å²) in [5, 5.41) is 9.26. The Labute approximate surface area is 101 Å². The lowest BCUT2D eigenvalue weighted by Gasteiger charge is -2.18. The first-order valence-electron chi connectivity index (χ1n) is 5.75. The number of phenols is 1. The first-order chi connectivity index (χ1) is 8.20. The molecule has 0 saturated carbocycles. The van der Waals surface area contributed by atoms with E-state index < -0.39 is 0 Å². The highest BCUT2D eigenvalue weighted by Crippen LogP contribution is 2.32. The van der Waals surface area contributed by atoms with Crippen LogP contribution in [0.4, 0.5) is 0 Å². The largest absolute Gasteiger partial charge is 0.508 e. The molecule has 2 unspecified atom stereocenters. The minimum atomic E-state index is -0.141. The zero-order valence-corrected chi connectivity index (χ0v) is 9.84. The van der Waals surface area contributed by atoms with Crippen molar-refractivity contribution in [1.82, 2.24) is 4.90 Å². The molecule has 1 aliphatic rings. The van der Waals surface area contributed by atoms with E-state index in [-0.39, 0.29) is 11.8 Å². The number of aromatic hydroxyl groups is 1. The van der Waals surface area contributed by atoms with Gasteiger partial charge in [-0.2, -0.15) is 4.99 Å². The normalized spacial score (nSPS) is 22.1. The summed E-state index contributed by atoms with van der Waals surface area (Å²) in [4.78, 5) is 16.7. The molecule has 90 valence electrons. The van der Waals surface area contributed by atoms with Crippen molar-refractivity contribution in [3.8, 4) is 5.75 Å². The molecule has 2 atom stereocenters. The van der Waals surface area contributed by atoms with Crippen molar-refractivity contribution in [3.63, 3.8) is 0 Å². The van der Waals surface area contributed by atoms with Crippen LogP contribution in [0, 0.1) is 5.92 Å². The fourth-order valence-electron chi connectivity index (χ4n) is 2.41. The first kappa shape index (κ1) is 11.8. The van der Waals surface area contributed by atoms with E-state index in [4.69, 9.17) is 0 Å². The standard InChI is InChI=1S/C13H16N2O2/c1-15-7-6-11(8-15)13(14-9-16)10-2-4-12(17)5-3-10/h2-5,11,13,17H,6-8H2,1H3. The van der Waals surface area contributed by atoms with Gasteiger partial charge in [-0.15, -0.1) is 0 Å². The number of phenolic OH excluding ortho intramolecular Hbond substituents is 1. The smallest absolute Gasteiger partial charge is 0.235 e. The zero-order chi connectivity index (χ0) is 12.3. The van der Waals surface area contributed by atoms with Crippen LogP contribution in [0.1, 0.15) is 18.0 Å². The van der Waals surface area contributed by atoms with E-state index in [1.807, 2.05) is 12.1 Å². The number of carbonyl (C=O) groups excluding carboxylic acids is 1. The van der Waals surface area contributed by atoms with Gasteiger partial charge in [-0.05, 0) is 37.7 Å². The SMILES string of the molecule is CN1CCC(C(N=C=O)c2ccc(O)cc2)C1. The third-order valence-electron chi connectivity index (χ3n) is 3.30. The highest BCUT2D eigenvalue weighted by molar-refractivity contribution is 5.37. The summed E-state index contributed by atoms with van der Waals surface area (Å²) in [5.41, 5.74) is 0.964. The molecule has 1 aromatic rings. The fourth-order valence-corrected chi connectivity index (χ4v) is 2.41. The van der Waals surface area contributed by atoms with E-state index in [9.17, 15) is 9.90 Å². The maximum Gasteiger partial charge on any atom is 0.235 e. The quantitative estimate of drug-likeness (QED) is 0.637. The van der Waals surface area contributed by atoms with Crippen LogP contribution in [0.5, 0.6) is 5.75 Å². The number of isocyanates is 1. The Morgan fingerprint density at radius 1 is 1.47 bits per heavy atom. The molecule has 0 bridgehead atoms. The van der Waals surface area contributed by atoms with Gasteiger partial charge in [0, 0.05) is 12.5 Å². The second kappa shape index (κ2) is 5.13. The molecule has 0 amide bonds. The molecule has 2 rings (SSSR count). The van der Waals surface area contributed by atoms with E-state index in [1.165, 1.54) is 0 Å². The van der Waals surface area contributed by atoms with Crippen molar-refractivity contribution < 1.29 is 9.90 Å². The first-order valence-corrected chi connectivity index (χ1v) is 5.75. The molecular weight excluding hydrogens is 216 g/mol. The van der Waals surface area contributed by atoms with Crippen LogP contribution in [0.15, 0.2) is 29.3 Å². The lowest BCUT2D eigenvalue weighted by atomic mass is 9.93. The molecule has 4 nitrogen and oxygen atoms in total. The van der Waals surface area contributed by atoms with E-state index in [0.29, 0.717) is 5.92 Å². The molecule has 0 aromatic heterocycles. The van der Waals surface area contributed by atoms with Crippen LogP contribution in [0.2, 0.25) is 0 Å². The van der Waals surface area contributed by atoms with Gasteiger partial charge < -0.3 is 10.0 Å². The Kier molecular flexibility index (Phi) is 3.57. The Hall–Kier alpha value is -1.64. The summed E-state index contributed by atoms with van der Waals surface area (Å²) >= 11 is 0. The van der Waals surface area contributed by atoms with Gasteiger partial charge in [-0.3, -0.25) is 0 Å². The van der Waals surface area contributed by atoms with Gasteiger partial charge in [0.2, 0.25) is 6.08 Å². The molecule has 1 N–H and O–H groups in total. The average Bonchev–Trinajstić information content (AvgIpc) is 2.74. The highest BCUT2D eigenvalue weighted by atomic mass is 16.3. The lowest BCUT2D eigenvalue weighted by molar-refractivity contribution is 0.372. The number of benzene rings is 1. The van der Waals surface area contributed by atoms with Crippen molar-refractivity contribution in [2.45, 2.75) is 12.5 Å². The maximum atomic E-state index is 10.5. The van der Waals surface area contributed by atoms with Crippen LogP contribution in [0.3, 0.4) is 0 Å². The maximum absolute atomic E-state index is 10.5. The summed E-state index contributed by atoms with van der Waals surface area (Å²) in [5.74, 6) is 0.581. The number of hydrogen-bond donors (Lipinski definition) is 1. The van der Waals surface area contributed by atoms with Crippen LogP contribution in [-0.2, 0) is 4.79 Å². The molecule has 17 heavy (non-hydrogen) atoms. The molecule has 0 radical (unpaired) electrons. The second-order valence-corrected chi connectivity index (χ2v) is 4.57. The van der Waals surface area contributed by atoms with Crippen molar-refractivity contribution in [3.05, 3.63) is 29.8 Å². The monoisotopic (exact) mass is 232 g/mol. The second-order valence-electron chi connectivity index (χ2n) is 4.57. The molecule has 1 heterocycles. The lowest BCUT2D eigenvalue weighted by Crippen LogP contribution is -2.17. The van der Waals surface area contributed by atoms with Gasteiger partial charge in [0.25, 0.3) is 0 Å². The molecule has 1 saturated heterocycles. The summed E-state index contributed by atoms with van der Waals surface area (Å²) < 4.78 is 0. The summed E-state index contributed by atoms with van der Waals surface area (Å²) in [6.07, 6.45) is 2.70. The number of aliphatic imine (C=N–C) groups is 1. The van der Waals surface area contributed by atoms with Crippen molar-refractivity contribution in [1.29, 1.82) is 0 Å². The van der Waals surface area contributed by atoms with E-state index >= 15 is 0 Å². The fraction of sp³-hybridized carbons (Fsp3) is 0.462. The summed E-state index contributed by atoms with van der Waals surface area (Å²) in [7, 11) is 2.07. The zero-order valence-electron chi connectivity index (χ0n) is 9.84. The van der Waals surface area contributed by atoms with Gasteiger partial charge in [0.1, 0.15) is 5.75 Å². The van der Waals surface area contributed by atoms with Crippen LogP contribution in [-0.4, -0.2) is 36.2 Å². The third-order valence-corrected chi connectivity index (χ3v) is 3.30. The topological polar surface area (TPSA) is 52.9 Å². The molecule has 1 fully saturated rings. The predicted molar refractivity (Wildman–Crippen MR) is 64.6 cm³/mol. The van der Waals surface area contributed by atoms with Gasteiger partial charge in [0.05, 0.1) is 6.04 Å². The average molecular weight is 232 g/mol. The van der Waals surface area contributed by atoms with E-state index in [1.54, 1.807) is 18.2 Å². The minimum absolute atomic E-state index is 0.141. The number of rotatable bonds is 3. The van der Waals surface area contributed by atoms with Gasteiger partial charge in [-0.25, -0.2) is 4.79 Å². The molecule has 1 aliphatic heterocycles. The van der Waals surface area contributed by atoms with Crippen LogP contribution < -0.4 is 0 Å².